The van der Waals surface area contributed by atoms with Crippen molar-refractivity contribution in [1.29, 1.82) is 0 Å². The standard InChI is InChI=1S/C26H38O6/c1-13(24-29-9-10-30-24)16-5-6-17-21-18(7-8-25(16,17)3)26(4)15(11-19(21)28)12-20(31-14(2)27)22-23(26)32-22/h11,13,16-24,28H,5-10,12H2,1-4H3/t13?,16-,17+,18+,19-,20-,21+,22?,23+,25-,26+/m1/s1. The van der Waals surface area contributed by atoms with Crippen LogP contribution in [0.4, 0.5) is 0 Å². The Kier molecular flexibility index (Phi) is 4.90. The van der Waals surface area contributed by atoms with Gasteiger partial charge in [0.25, 0.3) is 0 Å². The number of ether oxygens (including phenoxy) is 4. The maximum absolute atomic E-state index is 11.6. The summed E-state index contributed by atoms with van der Waals surface area (Å²) in [6.07, 6.45) is 6.84. The van der Waals surface area contributed by atoms with Gasteiger partial charge in [0.15, 0.2) is 6.29 Å². The van der Waals surface area contributed by atoms with E-state index in [9.17, 15) is 9.90 Å². The zero-order valence-corrected chi connectivity index (χ0v) is 19.8. The number of epoxide rings is 1. The summed E-state index contributed by atoms with van der Waals surface area (Å²) in [5.41, 5.74) is 1.39. The molecule has 6 rings (SSSR count). The van der Waals surface area contributed by atoms with Gasteiger partial charge < -0.3 is 24.1 Å². The van der Waals surface area contributed by atoms with Crippen LogP contribution in [0.25, 0.3) is 0 Å². The summed E-state index contributed by atoms with van der Waals surface area (Å²) in [6, 6.07) is 0. The van der Waals surface area contributed by atoms with Crippen molar-refractivity contribution in [3.63, 3.8) is 0 Å². The predicted octanol–water partition coefficient (Wildman–Crippen LogP) is 3.46. The molecule has 0 bridgehead atoms. The zero-order chi connectivity index (χ0) is 22.4. The maximum Gasteiger partial charge on any atom is 0.303 e. The lowest BCUT2D eigenvalue weighted by Gasteiger charge is -2.58. The van der Waals surface area contributed by atoms with Crippen LogP contribution < -0.4 is 0 Å². The third-order valence-corrected chi connectivity index (χ3v) is 10.6. The van der Waals surface area contributed by atoms with Crippen LogP contribution in [0.3, 0.4) is 0 Å². The van der Waals surface area contributed by atoms with Crippen molar-refractivity contribution in [3.05, 3.63) is 11.6 Å². The number of rotatable bonds is 3. The first-order valence-corrected chi connectivity index (χ1v) is 12.7. The van der Waals surface area contributed by atoms with Crippen LogP contribution >= 0.6 is 0 Å². The fraction of sp³-hybridized carbons (Fsp3) is 0.885. The van der Waals surface area contributed by atoms with Crippen molar-refractivity contribution < 1.29 is 28.8 Å². The zero-order valence-electron chi connectivity index (χ0n) is 19.8. The molecule has 6 heteroatoms. The Morgan fingerprint density at radius 3 is 2.66 bits per heavy atom. The van der Waals surface area contributed by atoms with Gasteiger partial charge in [-0.1, -0.05) is 32.4 Å². The van der Waals surface area contributed by atoms with Crippen molar-refractivity contribution >= 4 is 5.97 Å². The van der Waals surface area contributed by atoms with Gasteiger partial charge in [-0.05, 0) is 54.8 Å². The van der Waals surface area contributed by atoms with Crippen LogP contribution in [-0.4, -0.2) is 55.0 Å². The summed E-state index contributed by atoms with van der Waals surface area (Å²) in [5.74, 6) is 1.87. The van der Waals surface area contributed by atoms with E-state index in [1.807, 2.05) is 0 Å². The molecule has 1 N–H and O–H groups in total. The minimum Gasteiger partial charge on any atom is -0.459 e. The first-order valence-electron chi connectivity index (χ1n) is 12.7. The van der Waals surface area contributed by atoms with E-state index in [4.69, 9.17) is 18.9 Å². The summed E-state index contributed by atoms with van der Waals surface area (Å²) in [7, 11) is 0. The molecule has 6 aliphatic rings. The predicted molar refractivity (Wildman–Crippen MR) is 116 cm³/mol. The highest BCUT2D eigenvalue weighted by Gasteiger charge is 2.69. The molecule has 2 aliphatic heterocycles. The molecule has 2 saturated heterocycles. The normalized spacial score (nSPS) is 52.8. The average Bonchev–Trinajstić information content (AvgIpc) is 3.22. The van der Waals surface area contributed by atoms with Crippen LogP contribution in [0.2, 0.25) is 0 Å². The van der Waals surface area contributed by atoms with Crippen molar-refractivity contribution in [2.45, 2.75) is 90.5 Å². The van der Waals surface area contributed by atoms with Crippen LogP contribution in [0, 0.1) is 40.4 Å². The summed E-state index contributed by atoms with van der Waals surface area (Å²) < 4.78 is 23.5. The van der Waals surface area contributed by atoms with E-state index in [1.54, 1.807) is 0 Å². The quantitative estimate of drug-likeness (QED) is 0.406. The third kappa shape index (κ3) is 2.88. The van der Waals surface area contributed by atoms with Crippen LogP contribution in [0.15, 0.2) is 11.6 Å². The van der Waals surface area contributed by atoms with Crippen LogP contribution in [0.5, 0.6) is 0 Å². The lowest BCUT2D eigenvalue weighted by molar-refractivity contribution is -0.148. The molecule has 3 saturated carbocycles. The number of carbonyl (C=O) groups excluding carboxylic acids is 1. The lowest BCUT2D eigenvalue weighted by Crippen LogP contribution is -2.57. The largest absolute Gasteiger partial charge is 0.459 e. The Morgan fingerprint density at radius 2 is 1.94 bits per heavy atom. The van der Waals surface area contributed by atoms with E-state index in [0.717, 1.165) is 6.42 Å². The maximum atomic E-state index is 11.6. The second-order valence-electron chi connectivity index (χ2n) is 11.8. The first kappa shape index (κ1) is 21.6. The number of hydrogen-bond acceptors (Lipinski definition) is 6. The van der Waals surface area contributed by atoms with Crippen molar-refractivity contribution in [2.75, 3.05) is 13.2 Å². The molecule has 4 aliphatic carbocycles. The third-order valence-electron chi connectivity index (χ3n) is 10.6. The van der Waals surface area contributed by atoms with Crippen molar-refractivity contribution in [3.8, 4) is 0 Å². The van der Waals surface area contributed by atoms with Crippen molar-refractivity contribution in [1.82, 2.24) is 0 Å². The molecule has 6 nitrogen and oxygen atoms in total. The molecule has 32 heavy (non-hydrogen) atoms. The molecule has 11 atom stereocenters. The molecule has 0 spiro atoms. The number of fused-ring (bicyclic) bond motifs is 7. The fourth-order valence-electron chi connectivity index (χ4n) is 9.11. The van der Waals surface area contributed by atoms with Gasteiger partial charge in [-0.2, -0.15) is 0 Å². The van der Waals surface area contributed by atoms with Gasteiger partial charge in [0.05, 0.1) is 25.4 Å². The Hall–Kier alpha value is -0.950. The highest BCUT2D eigenvalue weighted by atomic mass is 16.7. The lowest BCUT2D eigenvalue weighted by atomic mass is 9.46. The smallest absolute Gasteiger partial charge is 0.303 e. The van der Waals surface area contributed by atoms with Gasteiger partial charge in [-0.3, -0.25) is 4.79 Å². The monoisotopic (exact) mass is 446 g/mol. The summed E-state index contributed by atoms with van der Waals surface area (Å²) in [4.78, 5) is 11.6. The SMILES string of the molecule is CC(=O)O[C@@H]1CC2=C[C@@H](O)[C@H]3[C@@H]4CC[C@H](C(C)C5OCCO5)[C@@]4(C)CC[C@@H]3[C@@]2(C)[C@H]2OC12. The van der Waals surface area contributed by atoms with Gasteiger partial charge in [0, 0.05) is 24.7 Å². The fourth-order valence-corrected chi connectivity index (χ4v) is 9.11. The molecule has 0 radical (unpaired) electrons. The molecular formula is C26H38O6. The van der Waals surface area contributed by atoms with Gasteiger partial charge in [-0.25, -0.2) is 0 Å². The van der Waals surface area contributed by atoms with Gasteiger partial charge >= 0.3 is 5.97 Å². The average molecular weight is 447 g/mol. The molecule has 0 amide bonds. The Labute approximate surface area is 191 Å². The minimum atomic E-state index is -0.436. The summed E-state index contributed by atoms with van der Waals surface area (Å²) in [6.45, 7) is 10.00. The second-order valence-corrected chi connectivity index (χ2v) is 11.8. The molecule has 0 aromatic heterocycles. The molecule has 178 valence electrons. The number of esters is 1. The molecule has 0 aromatic carbocycles. The highest BCUT2D eigenvalue weighted by Crippen LogP contribution is 2.69. The molecule has 5 fully saturated rings. The van der Waals surface area contributed by atoms with E-state index in [1.165, 1.54) is 31.8 Å². The molecule has 2 unspecified atom stereocenters. The summed E-state index contributed by atoms with van der Waals surface area (Å²) >= 11 is 0. The van der Waals surface area contributed by atoms with E-state index >= 15 is 0 Å². The molecular weight excluding hydrogens is 408 g/mol. The molecule has 0 aromatic rings. The Morgan fingerprint density at radius 1 is 1.19 bits per heavy atom. The van der Waals surface area contributed by atoms with E-state index < -0.39 is 6.10 Å². The Bertz CT molecular complexity index is 819. The number of carbonyl (C=O) groups is 1. The topological polar surface area (TPSA) is 77.5 Å². The van der Waals surface area contributed by atoms with Gasteiger partial charge in [0.1, 0.15) is 12.2 Å². The van der Waals surface area contributed by atoms with E-state index in [0.29, 0.717) is 43.3 Å². The minimum absolute atomic E-state index is 0.0123. The van der Waals surface area contributed by atoms with E-state index in [2.05, 4.69) is 26.8 Å². The molecule has 2 heterocycles. The van der Waals surface area contributed by atoms with Crippen molar-refractivity contribution in [2.24, 2.45) is 40.4 Å². The summed E-state index contributed by atoms with van der Waals surface area (Å²) in [5, 5.41) is 11.4. The van der Waals surface area contributed by atoms with Gasteiger partial charge in [0.2, 0.25) is 0 Å². The number of hydrogen-bond donors (Lipinski definition) is 1. The van der Waals surface area contributed by atoms with Gasteiger partial charge in [-0.15, -0.1) is 0 Å². The number of aliphatic hydroxyl groups excluding tert-OH is 1. The first-order chi connectivity index (χ1) is 15.2. The number of aliphatic hydroxyl groups is 1. The van der Waals surface area contributed by atoms with Crippen LogP contribution in [0.1, 0.15) is 59.8 Å². The Balaban J connectivity index is 1.29. The highest BCUT2D eigenvalue weighted by molar-refractivity contribution is 5.66. The van der Waals surface area contributed by atoms with Crippen LogP contribution in [-0.2, 0) is 23.7 Å². The van der Waals surface area contributed by atoms with E-state index in [-0.39, 0.29) is 47.3 Å². The second kappa shape index (κ2) is 7.27.